The second kappa shape index (κ2) is 22.0. The number of nitrogens with one attached hydrogen (secondary N) is 2. The third-order valence-corrected chi connectivity index (χ3v) is 13.0. The summed E-state index contributed by atoms with van der Waals surface area (Å²) in [6.45, 7) is 3.49. The highest BCUT2D eigenvalue weighted by Gasteiger charge is 2.49. The molecule has 310 valence electrons. The zero-order chi connectivity index (χ0) is 40.8. The van der Waals surface area contributed by atoms with Crippen LogP contribution in [-0.2, 0) is 19.4 Å². The maximum atomic E-state index is 14.0. The van der Waals surface area contributed by atoms with Gasteiger partial charge in [0.15, 0.2) is 15.9 Å². The number of anilines is 2. The molecule has 7 atom stereocenters. The van der Waals surface area contributed by atoms with Crippen molar-refractivity contribution in [1.82, 2.24) is 5.32 Å². The topological polar surface area (TPSA) is 217 Å². The van der Waals surface area contributed by atoms with Crippen molar-refractivity contribution >= 4 is 33.0 Å². The van der Waals surface area contributed by atoms with Crippen LogP contribution < -0.4 is 15.5 Å². The molecule has 0 spiro atoms. The van der Waals surface area contributed by atoms with E-state index in [4.69, 9.17) is 5.11 Å². The van der Waals surface area contributed by atoms with Crippen molar-refractivity contribution in [2.45, 2.75) is 139 Å². The Morgan fingerprint density at radius 2 is 1.55 bits per heavy atom. The Balaban J connectivity index is 1.51. The predicted octanol–water partition coefficient (Wildman–Crippen LogP) is 3.62. The SMILES string of the molecule is CCCC[C@@]1(CC)CS(=O)(=O)c2ccc(N(C)C)cc2[C@H](c2cccc(NC(=O)CCCCCCCCCCNC(=O)[C@H](O)[C@@H](O)[C@H](O)[C@H](O)CO)c2)[C@@H]1O. The number of amides is 2. The number of rotatable bonds is 23. The van der Waals surface area contributed by atoms with Gasteiger partial charge in [-0.15, -0.1) is 0 Å². The molecule has 55 heavy (non-hydrogen) atoms. The summed E-state index contributed by atoms with van der Waals surface area (Å²) in [5.74, 6) is -1.71. The Bertz CT molecular complexity index is 1620. The third-order valence-electron chi connectivity index (χ3n) is 11.0. The fourth-order valence-electron chi connectivity index (χ4n) is 7.50. The molecule has 1 heterocycles. The van der Waals surface area contributed by atoms with Gasteiger partial charge in [-0.05, 0) is 67.1 Å². The summed E-state index contributed by atoms with van der Waals surface area (Å²) in [4.78, 5) is 27.2. The lowest BCUT2D eigenvalue weighted by Gasteiger charge is -2.39. The summed E-state index contributed by atoms with van der Waals surface area (Å²) >= 11 is 0. The maximum absolute atomic E-state index is 14.0. The minimum Gasteiger partial charge on any atom is -0.394 e. The van der Waals surface area contributed by atoms with Crippen molar-refractivity contribution in [3.05, 3.63) is 53.6 Å². The number of sulfone groups is 1. The monoisotopic (exact) mass is 791 g/mol. The molecule has 0 radical (unpaired) electrons. The third kappa shape index (κ3) is 12.7. The number of aliphatic hydroxyl groups excluding tert-OH is 6. The molecule has 1 aliphatic rings. The van der Waals surface area contributed by atoms with Gasteiger partial charge in [-0.1, -0.05) is 77.3 Å². The molecule has 0 bridgehead atoms. The van der Waals surface area contributed by atoms with Crippen molar-refractivity contribution in [3.8, 4) is 0 Å². The highest BCUT2D eigenvalue weighted by atomic mass is 32.2. The van der Waals surface area contributed by atoms with Crippen LogP contribution in [0.15, 0.2) is 47.4 Å². The largest absolute Gasteiger partial charge is 0.394 e. The maximum Gasteiger partial charge on any atom is 0.251 e. The molecule has 13 nitrogen and oxygen atoms in total. The molecular weight excluding hydrogens is 727 g/mol. The first-order valence-corrected chi connectivity index (χ1v) is 21.5. The smallest absolute Gasteiger partial charge is 0.251 e. The lowest BCUT2D eigenvalue weighted by Crippen LogP contribution is -2.51. The molecule has 3 rings (SSSR count). The van der Waals surface area contributed by atoms with Gasteiger partial charge < -0.3 is 46.2 Å². The molecular formula is C41H65N3O10S. The summed E-state index contributed by atoms with van der Waals surface area (Å²) in [6, 6.07) is 12.8. The van der Waals surface area contributed by atoms with Gasteiger partial charge in [-0.2, -0.15) is 0 Å². The number of hydrogen-bond donors (Lipinski definition) is 8. The van der Waals surface area contributed by atoms with Crippen molar-refractivity contribution in [1.29, 1.82) is 0 Å². The zero-order valence-corrected chi connectivity index (χ0v) is 33.8. The Kier molecular flexibility index (Phi) is 18.5. The van der Waals surface area contributed by atoms with Crippen LogP contribution in [0.3, 0.4) is 0 Å². The van der Waals surface area contributed by atoms with Crippen LogP contribution in [0.5, 0.6) is 0 Å². The van der Waals surface area contributed by atoms with Crippen molar-refractivity contribution in [3.63, 3.8) is 0 Å². The van der Waals surface area contributed by atoms with E-state index in [1.54, 1.807) is 12.1 Å². The fraction of sp³-hybridized carbons (Fsp3) is 0.659. The Labute approximate surface area is 327 Å². The van der Waals surface area contributed by atoms with Crippen LogP contribution in [0.4, 0.5) is 11.4 Å². The molecule has 8 N–H and O–H groups in total. The Hall–Kier alpha value is -3.11. The van der Waals surface area contributed by atoms with E-state index >= 15 is 0 Å². The van der Waals surface area contributed by atoms with Gasteiger partial charge in [0.2, 0.25) is 5.91 Å². The first kappa shape index (κ1) is 46.3. The van der Waals surface area contributed by atoms with Crippen molar-refractivity contribution in [2.24, 2.45) is 5.41 Å². The molecule has 1 aliphatic heterocycles. The van der Waals surface area contributed by atoms with Crippen molar-refractivity contribution < 1.29 is 48.6 Å². The minimum atomic E-state index is -3.71. The number of aliphatic hydroxyl groups is 6. The molecule has 2 amide bonds. The second-order valence-electron chi connectivity index (χ2n) is 15.3. The predicted molar refractivity (Wildman–Crippen MR) is 214 cm³/mol. The molecule has 2 aromatic rings. The lowest BCUT2D eigenvalue weighted by molar-refractivity contribution is -0.148. The van der Waals surface area contributed by atoms with Crippen LogP contribution >= 0.6 is 0 Å². The number of benzene rings is 2. The standard InChI is InChI=1S/C41H65N3O10S/c1-5-7-22-41(6-2)27-55(53,54)33-21-20-30(44(3)4)25-31(33)35(39(41)51)28-17-16-18-29(24-28)43-34(47)19-14-12-10-8-9-11-13-15-23-42-40(52)38(50)37(49)36(48)32(46)26-45/h16-18,20-21,24-25,32,35-39,45-46,48-51H,5-15,19,22-23,26-27H2,1-4H3,(H,42,52)(H,43,47)/t32-,35+,36-,37+,38-,39+,41+/m1/s1. The zero-order valence-electron chi connectivity index (χ0n) is 33.0. The number of unbranched alkanes of at least 4 members (excludes halogenated alkanes) is 8. The number of nitrogens with zero attached hydrogens (tertiary/aromatic N) is 1. The molecule has 0 saturated heterocycles. The van der Waals surface area contributed by atoms with Gasteiger partial charge in [-0.25, -0.2) is 8.42 Å². The normalized spacial score (nSPS) is 21.4. The lowest BCUT2D eigenvalue weighted by atomic mass is 9.69. The van der Waals surface area contributed by atoms with Crippen LogP contribution in [0.1, 0.15) is 114 Å². The summed E-state index contributed by atoms with van der Waals surface area (Å²) in [5.41, 5.74) is 1.94. The molecule has 0 unspecified atom stereocenters. The van der Waals surface area contributed by atoms with Gasteiger partial charge in [0.05, 0.1) is 23.4 Å². The Morgan fingerprint density at radius 3 is 2.16 bits per heavy atom. The molecule has 2 aromatic carbocycles. The molecule has 0 fully saturated rings. The van der Waals surface area contributed by atoms with E-state index in [1.165, 1.54) is 0 Å². The van der Waals surface area contributed by atoms with Crippen LogP contribution in [0.25, 0.3) is 0 Å². The number of hydrogen-bond acceptors (Lipinski definition) is 11. The van der Waals surface area contributed by atoms with Gasteiger partial charge in [-0.3, -0.25) is 9.59 Å². The number of carbonyl (C=O) groups excluding carboxylic acids is 2. The molecule has 0 aliphatic carbocycles. The fourth-order valence-corrected chi connectivity index (χ4v) is 9.75. The number of carbonyl (C=O) groups is 2. The van der Waals surface area contributed by atoms with Crippen molar-refractivity contribution in [2.75, 3.05) is 43.2 Å². The average Bonchev–Trinajstić information content (AvgIpc) is 3.24. The van der Waals surface area contributed by atoms with E-state index in [1.807, 2.05) is 56.3 Å². The van der Waals surface area contributed by atoms with Gasteiger partial charge >= 0.3 is 0 Å². The van der Waals surface area contributed by atoms with Crippen LogP contribution in [0, 0.1) is 5.41 Å². The van der Waals surface area contributed by atoms with E-state index in [2.05, 4.69) is 17.6 Å². The van der Waals surface area contributed by atoms with E-state index in [0.29, 0.717) is 36.9 Å². The summed E-state index contributed by atoms with van der Waals surface area (Å²) in [6.07, 6.45) is 1.85. The summed E-state index contributed by atoms with van der Waals surface area (Å²) in [7, 11) is 0.0905. The van der Waals surface area contributed by atoms with Crippen LogP contribution in [0.2, 0.25) is 0 Å². The van der Waals surface area contributed by atoms with E-state index in [9.17, 15) is 43.5 Å². The Morgan fingerprint density at radius 1 is 0.891 bits per heavy atom. The van der Waals surface area contributed by atoms with E-state index in [-0.39, 0.29) is 23.1 Å². The highest BCUT2D eigenvalue weighted by Crippen LogP contribution is 2.49. The van der Waals surface area contributed by atoms with Gasteiger partial charge in [0.1, 0.15) is 18.3 Å². The summed E-state index contributed by atoms with van der Waals surface area (Å²) < 4.78 is 27.9. The molecule has 0 saturated carbocycles. The van der Waals surface area contributed by atoms with Crippen LogP contribution in [-0.4, -0.2) is 114 Å². The van der Waals surface area contributed by atoms with Gasteiger partial charge in [0, 0.05) is 49.8 Å². The van der Waals surface area contributed by atoms with E-state index < -0.39 is 64.2 Å². The molecule has 14 heteroatoms. The summed E-state index contributed by atoms with van der Waals surface area (Å²) in [5, 5.41) is 65.3. The minimum absolute atomic E-state index is 0.110. The quantitative estimate of drug-likeness (QED) is 0.0761. The average molecular weight is 792 g/mol. The first-order valence-electron chi connectivity index (χ1n) is 19.8. The second-order valence-corrected chi connectivity index (χ2v) is 17.3. The highest BCUT2D eigenvalue weighted by molar-refractivity contribution is 7.91. The first-order chi connectivity index (χ1) is 26.1. The number of fused-ring (bicyclic) bond motifs is 1. The van der Waals surface area contributed by atoms with E-state index in [0.717, 1.165) is 69.0 Å². The van der Waals surface area contributed by atoms with Gasteiger partial charge in [0.25, 0.3) is 5.91 Å². The molecule has 0 aromatic heterocycles.